The van der Waals surface area contributed by atoms with E-state index in [0.29, 0.717) is 45.8 Å². The molecule has 2 amide bonds. The first-order valence-electron chi connectivity index (χ1n) is 17.3. The number of esters is 1. The largest absolute Gasteiger partial charge is 0.462 e. The molecule has 3 aromatic rings. The number of fused-ring (bicyclic) bond motifs is 3. The van der Waals surface area contributed by atoms with Gasteiger partial charge in [0.05, 0.1) is 17.9 Å². The minimum atomic E-state index is -0.449. The van der Waals surface area contributed by atoms with E-state index in [1.54, 1.807) is 42.2 Å². The van der Waals surface area contributed by atoms with Crippen LogP contribution in [0.15, 0.2) is 71.5 Å². The van der Waals surface area contributed by atoms with E-state index in [1.165, 1.54) is 47.6 Å². The Morgan fingerprint density at radius 3 is 2.61 bits per heavy atom. The molecule has 0 bridgehead atoms. The lowest BCUT2D eigenvalue weighted by atomic mass is 9.72. The number of piperidine rings is 1. The first kappa shape index (κ1) is 31.9. The van der Waals surface area contributed by atoms with Crippen molar-refractivity contribution in [2.24, 2.45) is 5.41 Å². The number of rotatable bonds is 6. The van der Waals surface area contributed by atoms with Gasteiger partial charge in [0.15, 0.2) is 0 Å². The van der Waals surface area contributed by atoms with Gasteiger partial charge in [0.25, 0.3) is 11.8 Å². The van der Waals surface area contributed by atoms with Crippen molar-refractivity contribution in [1.29, 1.82) is 0 Å². The smallest absolute Gasteiger partial charge is 0.348 e. The molecule has 1 aliphatic carbocycles. The van der Waals surface area contributed by atoms with Gasteiger partial charge in [0.1, 0.15) is 16.9 Å². The third-order valence-electron chi connectivity index (χ3n) is 10.6. The summed E-state index contributed by atoms with van der Waals surface area (Å²) in [5.41, 5.74) is 6.66. The summed E-state index contributed by atoms with van der Waals surface area (Å²) in [7, 11) is 0. The van der Waals surface area contributed by atoms with Crippen LogP contribution in [-0.4, -0.2) is 68.2 Å². The van der Waals surface area contributed by atoms with Crippen molar-refractivity contribution >= 4 is 40.5 Å². The molecule has 8 rings (SSSR count). The highest BCUT2D eigenvalue weighted by Gasteiger charge is 2.48. The number of halogens is 1. The molecule has 2 fully saturated rings. The minimum Gasteiger partial charge on any atom is -0.462 e. The van der Waals surface area contributed by atoms with Crippen LogP contribution in [-0.2, 0) is 16.0 Å². The molecular formula is C38H40FN5O4S. The Hall–Kier alpha value is -4.32. The van der Waals surface area contributed by atoms with Gasteiger partial charge in [-0.1, -0.05) is 0 Å². The zero-order valence-electron chi connectivity index (χ0n) is 27.6. The summed E-state index contributed by atoms with van der Waals surface area (Å²) < 4.78 is 19.8. The maximum atomic E-state index is 14.6. The molecule has 11 heteroatoms. The van der Waals surface area contributed by atoms with Crippen LogP contribution in [0.3, 0.4) is 0 Å². The average molecular weight is 682 g/mol. The van der Waals surface area contributed by atoms with E-state index in [0.717, 1.165) is 61.5 Å². The molecule has 1 atom stereocenters. The summed E-state index contributed by atoms with van der Waals surface area (Å²) >= 11 is 1.30. The van der Waals surface area contributed by atoms with E-state index in [9.17, 15) is 18.8 Å². The van der Waals surface area contributed by atoms with Crippen molar-refractivity contribution in [3.05, 3.63) is 93.3 Å². The monoisotopic (exact) mass is 681 g/mol. The van der Waals surface area contributed by atoms with Gasteiger partial charge in [0, 0.05) is 47.0 Å². The average Bonchev–Trinajstić information content (AvgIpc) is 3.71. The molecule has 5 aliphatic rings. The third-order valence-corrected chi connectivity index (χ3v) is 11.8. The van der Waals surface area contributed by atoms with Crippen molar-refractivity contribution in [2.45, 2.75) is 51.6 Å². The van der Waals surface area contributed by atoms with E-state index in [2.05, 4.69) is 26.9 Å². The van der Waals surface area contributed by atoms with Crippen molar-refractivity contribution in [2.75, 3.05) is 49.5 Å². The Balaban J connectivity index is 0.993. The fraction of sp³-hybridized carbons (Fsp3) is 0.395. The number of anilines is 2. The van der Waals surface area contributed by atoms with Gasteiger partial charge in [-0.05, 0) is 130 Å². The maximum absolute atomic E-state index is 14.6. The molecule has 1 aromatic heterocycles. The molecular weight excluding hydrogens is 642 g/mol. The van der Waals surface area contributed by atoms with E-state index in [1.807, 2.05) is 6.07 Å². The third kappa shape index (κ3) is 5.98. The normalized spacial score (nSPS) is 21.1. The number of ether oxygens (including phenoxy) is 1. The lowest BCUT2D eigenvalue weighted by Crippen LogP contribution is -2.66. The topological polar surface area (TPSA) is 103 Å². The Labute approximate surface area is 289 Å². The van der Waals surface area contributed by atoms with Gasteiger partial charge in [-0.15, -0.1) is 11.3 Å². The van der Waals surface area contributed by atoms with Crippen molar-refractivity contribution in [3.8, 4) is 10.4 Å². The van der Waals surface area contributed by atoms with Crippen molar-refractivity contribution in [3.63, 3.8) is 0 Å². The number of amides is 2. The quantitative estimate of drug-likeness (QED) is 0.281. The summed E-state index contributed by atoms with van der Waals surface area (Å²) in [6.07, 6.45) is 7.87. The molecule has 2 aromatic carbocycles. The molecule has 3 N–H and O–H groups in total. The number of benzene rings is 2. The van der Waals surface area contributed by atoms with Gasteiger partial charge < -0.3 is 25.6 Å². The maximum Gasteiger partial charge on any atom is 0.348 e. The predicted octanol–water partition coefficient (Wildman–Crippen LogP) is 5.85. The number of hydrogen-bond acceptors (Lipinski definition) is 8. The molecule has 1 unspecified atom stereocenters. The Bertz CT molecular complexity index is 1890. The number of nitrogens with zero attached hydrogens (tertiary/aromatic N) is 2. The van der Waals surface area contributed by atoms with Crippen molar-refractivity contribution in [1.82, 2.24) is 15.5 Å². The van der Waals surface area contributed by atoms with Crippen molar-refractivity contribution < 1.29 is 23.5 Å². The Morgan fingerprint density at radius 2 is 1.84 bits per heavy atom. The second kappa shape index (κ2) is 12.9. The first-order chi connectivity index (χ1) is 23.8. The van der Waals surface area contributed by atoms with Gasteiger partial charge in [-0.2, -0.15) is 0 Å². The number of allylic oxidation sites excluding steroid dienone is 3. The van der Waals surface area contributed by atoms with Crippen LogP contribution in [0.1, 0.15) is 64.6 Å². The summed E-state index contributed by atoms with van der Waals surface area (Å²) in [6, 6.07) is 13.1. The lowest BCUT2D eigenvalue weighted by Gasteiger charge is -2.56. The summed E-state index contributed by atoms with van der Waals surface area (Å²) in [4.78, 5) is 45.5. The van der Waals surface area contributed by atoms with E-state index < -0.39 is 5.82 Å². The molecule has 5 heterocycles. The van der Waals surface area contributed by atoms with Gasteiger partial charge in [0.2, 0.25) is 0 Å². The number of thiophene rings is 1. The van der Waals surface area contributed by atoms with Crippen LogP contribution in [0.2, 0.25) is 0 Å². The predicted molar refractivity (Wildman–Crippen MR) is 188 cm³/mol. The number of hydrogen-bond donors (Lipinski definition) is 3. The summed E-state index contributed by atoms with van der Waals surface area (Å²) in [5, 5.41) is 10.3. The van der Waals surface area contributed by atoms with E-state index in [-0.39, 0.29) is 30.6 Å². The van der Waals surface area contributed by atoms with Crippen LogP contribution in [0.5, 0.6) is 0 Å². The number of carbonyl (C=O) groups excluding carboxylic acids is 3. The first-order valence-corrected chi connectivity index (χ1v) is 18.1. The highest BCUT2D eigenvalue weighted by molar-refractivity contribution is 7.17. The van der Waals surface area contributed by atoms with Crippen LogP contribution in [0, 0.1) is 11.2 Å². The molecule has 0 radical (unpaired) electrons. The highest BCUT2D eigenvalue weighted by Crippen LogP contribution is 2.44. The summed E-state index contributed by atoms with van der Waals surface area (Å²) in [5.74, 6) is -1.25. The van der Waals surface area contributed by atoms with Crippen LogP contribution in [0.4, 0.5) is 15.8 Å². The van der Waals surface area contributed by atoms with Gasteiger partial charge in [-0.3, -0.25) is 14.5 Å². The van der Waals surface area contributed by atoms with Gasteiger partial charge >= 0.3 is 5.97 Å². The molecule has 0 saturated carbocycles. The zero-order chi connectivity index (χ0) is 33.7. The zero-order valence-corrected chi connectivity index (χ0v) is 28.4. The highest BCUT2D eigenvalue weighted by atomic mass is 32.1. The SMILES string of the molecule is CCOC(=O)c1cc2c(s1)-c1ccc(F)cc1N(C(=O)c1ccc(NC(=O)C3=CC4=C(CCC4)NC3N3CC4(CCNCC4)C3)cc1)CC2. The Kier molecular flexibility index (Phi) is 8.37. The minimum absolute atomic E-state index is 0.147. The molecule has 4 aliphatic heterocycles. The van der Waals surface area contributed by atoms with E-state index >= 15 is 0 Å². The number of nitrogens with one attached hydrogen (secondary N) is 3. The van der Waals surface area contributed by atoms with Crippen LogP contribution >= 0.6 is 11.3 Å². The van der Waals surface area contributed by atoms with Gasteiger partial charge in [-0.25, -0.2) is 9.18 Å². The lowest BCUT2D eigenvalue weighted by molar-refractivity contribution is -0.115. The van der Waals surface area contributed by atoms with Crippen LogP contribution in [0.25, 0.3) is 10.4 Å². The molecule has 49 heavy (non-hydrogen) atoms. The fourth-order valence-corrected chi connectivity index (χ4v) is 9.17. The van der Waals surface area contributed by atoms with E-state index in [4.69, 9.17) is 4.74 Å². The number of carbonyl (C=O) groups is 3. The molecule has 2 saturated heterocycles. The molecule has 9 nitrogen and oxygen atoms in total. The Morgan fingerprint density at radius 1 is 1.04 bits per heavy atom. The number of dihydropyridines is 1. The van der Waals surface area contributed by atoms with Crippen LogP contribution < -0.4 is 20.9 Å². The molecule has 254 valence electrons. The second-order valence-electron chi connectivity index (χ2n) is 13.7. The fourth-order valence-electron chi connectivity index (χ4n) is 8.03. The molecule has 1 spiro atoms. The number of likely N-dealkylation sites (tertiary alicyclic amines) is 1. The second-order valence-corrected chi connectivity index (χ2v) is 14.8. The summed E-state index contributed by atoms with van der Waals surface area (Å²) in [6.45, 7) is 6.43. The standard InChI is InChI=1S/C38H40FN5O4S/c1-2-48-37(47)32-19-25-12-17-44(31-20-26(39)8-11-28(31)33(25)49-32)36(46)23-6-9-27(10-7-23)41-35(45)29-18-24-4-3-5-30(24)42-34(29)43-21-38(22-43)13-15-40-16-14-38/h6-11,18-20,34,40,42H,2-5,12-17,21-22H2,1H3,(H,41,45).